The maximum Gasteiger partial charge on any atom is 0.281 e. The van der Waals surface area contributed by atoms with Crippen molar-refractivity contribution in [2.75, 3.05) is 0 Å². The van der Waals surface area contributed by atoms with Crippen LogP contribution >= 0.6 is 31.9 Å². The van der Waals surface area contributed by atoms with Gasteiger partial charge in [0.2, 0.25) is 0 Å². The summed E-state index contributed by atoms with van der Waals surface area (Å²) < 4.78 is 25.2. The van der Waals surface area contributed by atoms with Crippen molar-refractivity contribution in [1.82, 2.24) is 4.98 Å². The van der Waals surface area contributed by atoms with Gasteiger partial charge in [0.05, 0.1) is 18.2 Å². The SMILES string of the molecule is N#CCc1cc(Br)c(C(F)F)nc1CBr. The average Bonchev–Trinajstić information content (AvgIpc) is 2.18. The van der Waals surface area contributed by atoms with Crippen LogP contribution in [0.1, 0.15) is 23.4 Å². The van der Waals surface area contributed by atoms with Gasteiger partial charge in [-0.25, -0.2) is 13.8 Å². The molecule has 0 saturated heterocycles. The molecule has 0 fully saturated rings. The fourth-order valence-electron chi connectivity index (χ4n) is 1.09. The standard InChI is InChI=1S/C9H6Br2F2N2/c10-4-7-5(1-2-14)3-6(11)8(15-7)9(12)13/h3,9H,1,4H2. The third-order valence-electron chi connectivity index (χ3n) is 1.77. The molecule has 6 heteroatoms. The highest BCUT2D eigenvalue weighted by atomic mass is 79.9. The largest absolute Gasteiger partial charge is 0.281 e. The summed E-state index contributed by atoms with van der Waals surface area (Å²) in [7, 11) is 0. The average molecular weight is 340 g/mol. The van der Waals surface area contributed by atoms with E-state index >= 15 is 0 Å². The first-order chi connectivity index (χ1) is 7.10. The number of rotatable bonds is 3. The highest BCUT2D eigenvalue weighted by Crippen LogP contribution is 2.28. The summed E-state index contributed by atoms with van der Waals surface area (Å²) in [5.41, 5.74) is 0.854. The van der Waals surface area contributed by atoms with Crippen molar-refractivity contribution in [2.24, 2.45) is 0 Å². The summed E-state index contributed by atoms with van der Waals surface area (Å²) in [6, 6.07) is 3.49. The molecule has 80 valence electrons. The zero-order valence-electron chi connectivity index (χ0n) is 7.48. The predicted molar refractivity (Wildman–Crippen MR) is 58.8 cm³/mol. The van der Waals surface area contributed by atoms with Crippen molar-refractivity contribution in [2.45, 2.75) is 18.2 Å². The van der Waals surface area contributed by atoms with E-state index in [4.69, 9.17) is 5.26 Å². The molecule has 0 bridgehead atoms. The highest BCUT2D eigenvalue weighted by molar-refractivity contribution is 9.10. The number of alkyl halides is 3. The minimum Gasteiger partial charge on any atom is -0.249 e. The summed E-state index contributed by atoms with van der Waals surface area (Å²) in [6.45, 7) is 0. The monoisotopic (exact) mass is 338 g/mol. The molecule has 0 aliphatic rings. The number of hydrogen-bond donors (Lipinski definition) is 0. The fourth-order valence-corrected chi connectivity index (χ4v) is 2.11. The third kappa shape index (κ3) is 2.95. The van der Waals surface area contributed by atoms with E-state index < -0.39 is 6.43 Å². The molecule has 1 rings (SSSR count). The Labute approximate surface area is 103 Å². The van der Waals surface area contributed by atoms with Gasteiger partial charge < -0.3 is 0 Å². The summed E-state index contributed by atoms with van der Waals surface area (Å²) in [4.78, 5) is 3.81. The van der Waals surface area contributed by atoms with E-state index in [9.17, 15) is 8.78 Å². The second-order valence-corrected chi connectivity index (χ2v) is 4.15. The van der Waals surface area contributed by atoms with E-state index in [2.05, 4.69) is 36.8 Å². The van der Waals surface area contributed by atoms with E-state index in [0.717, 1.165) is 0 Å². The smallest absolute Gasteiger partial charge is 0.249 e. The van der Waals surface area contributed by atoms with E-state index in [-0.39, 0.29) is 16.6 Å². The van der Waals surface area contributed by atoms with Gasteiger partial charge in [0.25, 0.3) is 6.43 Å². The molecule has 1 aromatic heterocycles. The number of halogens is 4. The lowest BCUT2D eigenvalue weighted by Crippen LogP contribution is -2.01. The van der Waals surface area contributed by atoms with Gasteiger partial charge in [0.15, 0.2) is 0 Å². The Balaban J connectivity index is 3.24. The Morgan fingerprint density at radius 3 is 2.67 bits per heavy atom. The Bertz CT molecular complexity index is 402. The van der Waals surface area contributed by atoms with Crippen molar-refractivity contribution in [1.29, 1.82) is 5.26 Å². The van der Waals surface area contributed by atoms with Crippen LogP contribution in [0, 0.1) is 11.3 Å². The molecule has 0 saturated carbocycles. The van der Waals surface area contributed by atoms with Crippen molar-refractivity contribution < 1.29 is 8.78 Å². The van der Waals surface area contributed by atoms with Crippen LogP contribution in [-0.2, 0) is 11.8 Å². The molecular weight excluding hydrogens is 334 g/mol. The molecule has 0 N–H and O–H groups in total. The van der Waals surface area contributed by atoms with E-state index in [1.54, 1.807) is 0 Å². The van der Waals surface area contributed by atoms with E-state index in [0.29, 0.717) is 16.6 Å². The second-order valence-electron chi connectivity index (χ2n) is 2.73. The van der Waals surface area contributed by atoms with Crippen molar-refractivity contribution in [3.63, 3.8) is 0 Å². The van der Waals surface area contributed by atoms with Gasteiger partial charge in [-0.2, -0.15) is 5.26 Å². The molecule has 0 spiro atoms. The normalized spacial score (nSPS) is 10.4. The lowest BCUT2D eigenvalue weighted by Gasteiger charge is -2.08. The summed E-state index contributed by atoms with van der Waals surface area (Å²) in [5, 5.41) is 8.91. The maximum atomic E-state index is 12.5. The van der Waals surface area contributed by atoms with Gasteiger partial charge in [-0.1, -0.05) is 15.9 Å². The Hall–Kier alpha value is -0.540. The molecule has 1 aromatic rings. The van der Waals surface area contributed by atoms with Crippen LogP contribution in [-0.4, -0.2) is 4.98 Å². The molecule has 0 aliphatic carbocycles. The minimum absolute atomic E-state index is 0.163. The molecule has 2 nitrogen and oxygen atoms in total. The zero-order chi connectivity index (χ0) is 11.4. The van der Waals surface area contributed by atoms with Crippen LogP contribution < -0.4 is 0 Å². The van der Waals surface area contributed by atoms with E-state index in [1.807, 2.05) is 6.07 Å². The van der Waals surface area contributed by atoms with Crippen LogP contribution in [0.15, 0.2) is 10.5 Å². The second kappa shape index (κ2) is 5.52. The summed E-state index contributed by atoms with van der Waals surface area (Å²) in [5.74, 6) is 0. The number of nitrogens with zero attached hydrogens (tertiary/aromatic N) is 2. The number of nitriles is 1. The van der Waals surface area contributed by atoms with Gasteiger partial charge in [-0.15, -0.1) is 0 Å². The predicted octanol–water partition coefficient (Wildman–Crippen LogP) is 3.74. The van der Waals surface area contributed by atoms with Crippen LogP contribution in [0.3, 0.4) is 0 Å². The number of pyridine rings is 1. The number of hydrogen-bond acceptors (Lipinski definition) is 2. The first-order valence-electron chi connectivity index (χ1n) is 3.99. The third-order valence-corrected chi connectivity index (χ3v) is 2.94. The summed E-state index contributed by atoms with van der Waals surface area (Å²) >= 11 is 6.17. The Morgan fingerprint density at radius 2 is 2.20 bits per heavy atom. The van der Waals surface area contributed by atoms with Crippen LogP contribution in [0.2, 0.25) is 0 Å². The molecule has 1 heterocycles. The van der Waals surface area contributed by atoms with Crippen LogP contribution in [0.4, 0.5) is 8.78 Å². The first-order valence-corrected chi connectivity index (χ1v) is 5.90. The van der Waals surface area contributed by atoms with Gasteiger partial charge in [-0.3, -0.25) is 0 Å². The van der Waals surface area contributed by atoms with Gasteiger partial charge in [0, 0.05) is 9.80 Å². The minimum atomic E-state index is -2.62. The van der Waals surface area contributed by atoms with Crippen LogP contribution in [0.25, 0.3) is 0 Å². The first kappa shape index (κ1) is 12.5. The molecule has 0 amide bonds. The van der Waals surface area contributed by atoms with E-state index in [1.165, 1.54) is 6.07 Å². The lowest BCUT2D eigenvalue weighted by atomic mass is 10.1. The quantitative estimate of drug-likeness (QED) is 0.786. The molecule has 0 atom stereocenters. The molecular formula is C9H6Br2F2N2. The Kier molecular flexibility index (Phi) is 4.61. The molecule has 0 unspecified atom stereocenters. The lowest BCUT2D eigenvalue weighted by molar-refractivity contribution is 0.145. The highest BCUT2D eigenvalue weighted by Gasteiger charge is 2.16. The molecule has 0 aromatic carbocycles. The molecule has 0 aliphatic heterocycles. The molecule has 0 radical (unpaired) electrons. The van der Waals surface area contributed by atoms with Crippen LogP contribution in [0.5, 0.6) is 0 Å². The number of aromatic nitrogens is 1. The maximum absolute atomic E-state index is 12.5. The fraction of sp³-hybridized carbons (Fsp3) is 0.333. The zero-order valence-corrected chi connectivity index (χ0v) is 10.6. The topological polar surface area (TPSA) is 36.7 Å². The van der Waals surface area contributed by atoms with Crippen molar-refractivity contribution >= 4 is 31.9 Å². The van der Waals surface area contributed by atoms with Crippen molar-refractivity contribution in [3.8, 4) is 6.07 Å². The summed E-state index contributed by atoms with van der Waals surface area (Å²) in [6.07, 6.45) is -2.45. The van der Waals surface area contributed by atoms with Crippen molar-refractivity contribution in [3.05, 3.63) is 27.5 Å². The van der Waals surface area contributed by atoms with Gasteiger partial charge in [-0.05, 0) is 27.6 Å². The van der Waals surface area contributed by atoms with Gasteiger partial charge in [0.1, 0.15) is 5.69 Å². The molecule has 15 heavy (non-hydrogen) atoms. The van der Waals surface area contributed by atoms with Gasteiger partial charge >= 0.3 is 0 Å². The Morgan fingerprint density at radius 1 is 1.53 bits per heavy atom.